The van der Waals surface area contributed by atoms with Crippen molar-refractivity contribution in [2.45, 2.75) is 6.92 Å². The molecule has 0 unspecified atom stereocenters. The Kier molecular flexibility index (Phi) is 1.68. The smallest absolute Gasteiger partial charge is 0.261 e. The molecule has 4 heteroatoms. The number of rotatable bonds is 1. The van der Waals surface area contributed by atoms with Crippen LogP contribution < -0.4 is 0 Å². The standard InChI is InChI=1S/C7H9NO3/c1-4(9)6-5(10)3-8(2)7(6)11/h10H,3H2,1-2H3. The van der Waals surface area contributed by atoms with Crippen LogP contribution in [0.5, 0.6) is 0 Å². The highest BCUT2D eigenvalue weighted by atomic mass is 16.3. The van der Waals surface area contributed by atoms with E-state index in [4.69, 9.17) is 5.11 Å². The van der Waals surface area contributed by atoms with E-state index in [0.717, 1.165) is 0 Å². The summed E-state index contributed by atoms with van der Waals surface area (Å²) < 4.78 is 0. The molecule has 1 amide bonds. The summed E-state index contributed by atoms with van der Waals surface area (Å²) in [5.74, 6) is -0.892. The number of aliphatic hydroxyl groups is 1. The molecule has 11 heavy (non-hydrogen) atoms. The molecule has 0 aromatic rings. The quantitative estimate of drug-likeness (QED) is 0.536. The van der Waals surface area contributed by atoms with E-state index >= 15 is 0 Å². The summed E-state index contributed by atoms with van der Waals surface area (Å²) in [6.45, 7) is 1.41. The topological polar surface area (TPSA) is 57.6 Å². The van der Waals surface area contributed by atoms with E-state index in [1.54, 1.807) is 0 Å². The van der Waals surface area contributed by atoms with Crippen molar-refractivity contribution >= 4 is 11.7 Å². The molecule has 0 aliphatic carbocycles. The van der Waals surface area contributed by atoms with Gasteiger partial charge in [-0.3, -0.25) is 9.59 Å². The number of carbonyl (C=O) groups is 2. The van der Waals surface area contributed by atoms with Crippen molar-refractivity contribution in [3.63, 3.8) is 0 Å². The molecule has 0 saturated heterocycles. The van der Waals surface area contributed by atoms with Crippen molar-refractivity contribution < 1.29 is 14.7 Å². The summed E-state index contributed by atoms with van der Waals surface area (Å²) in [6, 6.07) is 0. The maximum Gasteiger partial charge on any atom is 0.261 e. The van der Waals surface area contributed by atoms with Crippen molar-refractivity contribution in [1.82, 2.24) is 4.90 Å². The van der Waals surface area contributed by atoms with Crippen LogP contribution in [-0.4, -0.2) is 35.3 Å². The molecule has 0 spiro atoms. The summed E-state index contributed by atoms with van der Waals surface area (Å²) in [4.78, 5) is 23.1. The Hall–Kier alpha value is -1.32. The van der Waals surface area contributed by atoms with E-state index in [-0.39, 0.29) is 23.7 Å². The van der Waals surface area contributed by atoms with Crippen molar-refractivity contribution in [3.05, 3.63) is 11.3 Å². The summed E-state index contributed by atoms with van der Waals surface area (Å²) >= 11 is 0. The molecule has 0 aromatic heterocycles. The third-order valence-corrected chi connectivity index (χ3v) is 1.59. The number of hydrogen-bond acceptors (Lipinski definition) is 3. The average Bonchev–Trinajstić information content (AvgIpc) is 2.07. The zero-order valence-electron chi connectivity index (χ0n) is 6.42. The van der Waals surface area contributed by atoms with Crippen molar-refractivity contribution in [2.24, 2.45) is 0 Å². The number of aliphatic hydroxyl groups excluding tert-OH is 1. The second-order valence-electron chi connectivity index (χ2n) is 2.54. The number of ketones is 1. The molecule has 0 radical (unpaired) electrons. The van der Waals surface area contributed by atoms with Crippen LogP contribution in [0.1, 0.15) is 6.92 Å². The lowest BCUT2D eigenvalue weighted by molar-refractivity contribution is -0.126. The molecule has 1 aliphatic rings. The highest BCUT2D eigenvalue weighted by molar-refractivity contribution is 6.20. The van der Waals surface area contributed by atoms with Crippen LogP contribution in [0, 0.1) is 0 Å². The Morgan fingerprint density at radius 2 is 2.18 bits per heavy atom. The number of Topliss-reactive ketones (excluding diaryl/α,β-unsaturated/α-hetero) is 1. The molecule has 1 aliphatic heterocycles. The summed E-state index contributed by atoms with van der Waals surface area (Å²) in [6.07, 6.45) is 0. The Balaban J connectivity index is 3.01. The molecular weight excluding hydrogens is 146 g/mol. The lowest BCUT2D eigenvalue weighted by Crippen LogP contribution is -2.23. The molecular formula is C7H9NO3. The van der Waals surface area contributed by atoms with Crippen LogP contribution in [0.25, 0.3) is 0 Å². The number of hydrogen-bond donors (Lipinski definition) is 1. The number of carbonyl (C=O) groups excluding carboxylic acids is 2. The molecule has 0 atom stereocenters. The second kappa shape index (κ2) is 2.38. The zero-order valence-corrected chi connectivity index (χ0v) is 6.42. The van der Waals surface area contributed by atoms with E-state index in [0.29, 0.717) is 0 Å². The largest absolute Gasteiger partial charge is 0.509 e. The molecule has 4 nitrogen and oxygen atoms in total. The molecule has 1 heterocycles. The van der Waals surface area contributed by atoms with Gasteiger partial charge in [0, 0.05) is 7.05 Å². The van der Waals surface area contributed by atoms with Gasteiger partial charge in [-0.05, 0) is 6.92 Å². The van der Waals surface area contributed by atoms with Crippen LogP contribution in [0.15, 0.2) is 11.3 Å². The summed E-state index contributed by atoms with van der Waals surface area (Å²) in [7, 11) is 1.54. The molecule has 1 N–H and O–H groups in total. The first-order valence-electron chi connectivity index (χ1n) is 3.22. The van der Waals surface area contributed by atoms with Crippen molar-refractivity contribution in [1.29, 1.82) is 0 Å². The first kappa shape index (κ1) is 7.78. The lowest BCUT2D eigenvalue weighted by atomic mass is 10.2. The molecule has 0 aromatic carbocycles. The minimum atomic E-state index is -0.394. The van der Waals surface area contributed by atoms with Gasteiger partial charge in [-0.2, -0.15) is 0 Å². The third kappa shape index (κ3) is 1.11. The molecule has 0 fully saturated rings. The highest BCUT2D eigenvalue weighted by Crippen LogP contribution is 2.15. The first-order chi connectivity index (χ1) is 5.04. The van der Waals surface area contributed by atoms with Gasteiger partial charge >= 0.3 is 0 Å². The first-order valence-corrected chi connectivity index (χ1v) is 3.22. The number of likely N-dealkylation sites (N-methyl/N-ethyl adjacent to an activating group) is 1. The summed E-state index contributed by atoms with van der Waals surface area (Å²) in [5.41, 5.74) is -0.0764. The fraction of sp³-hybridized carbons (Fsp3) is 0.429. The Morgan fingerprint density at radius 1 is 1.64 bits per heavy atom. The zero-order chi connectivity index (χ0) is 8.59. The average molecular weight is 155 g/mol. The third-order valence-electron chi connectivity index (χ3n) is 1.59. The predicted molar refractivity (Wildman–Crippen MR) is 38.0 cm³/mol. The molecule has 0 bridgehead atoms. The van der Waals surface area contributed by atoms with Gasteiger partial charge in [0.2, 0.25) is 0 Å². The fourth-order valence-electron chi connectivity index (χ4n) is 1.04. The van der Waals surface area contributed by atoms with E-state index in [2.05, 4.69) is 0 Å². The van der Waals surface area contributed by atoms with Gasteiger partial charge in [0.1, 0.15) is 11.3 Å². The van der Waals surface area contributed by atoms with E-state index in [1.165, 1.54) is 18.9 Å². The van der Waals surface area contributed by atoms with Gasteiger partial charge in [0.25, 0.3) is 5.91 Å². The second-order valence-corrected chi connectivity index (χ2v) is 2.54. The van der Waals surface area contributed by atoms with Crippen LogP contribution in [0.2, 0.25) is 0 Å². The Morgan fingerprint density at radius 3 is 2.36 bits per heavy atom. The van der Waals surface area contributed by atoms with Crippen LogP contribution in [-0.2, 0) is 9.59 Å². The molecule has 1 rings (SSSR count). The van der Waals surface area contributed by atoms with E-state index in [1.807, 2.05) is 0 Å². The van der Waals surface area contributed by atoms with E-state index in [9.17, 15) is 9.59 Å². The fourth-order valence-corrected chi connectivity index (χ4v) is 1.04. The van der Waals surface area contributed by atoms with Gasteiger partial charge in [-0.25, -0.2) is 0 Å². The molecule has 60 valence electrons. The summed E-state index contributed by atoms with van der Waals surface area (Å²) in [5, 5.41) is 9.10. The number of amides is 1. The maximum absolute atomic E-state index is 11.0. The molecule has 0 saturated carbocycles. The minimum absolute atomic E-state index is 0.0764. The highest BCUT2D eigenvalue weighted by Gasteiger charge is 2.30. The monoisotopic (exact) mass is 155 g/mol. The number of nitrogens with zero attached hydrogens (tertiary/aromatic N) is 1. The van der Waals surface area contributed by atoms with E-state index < -0.39 is 5.91 Å². The normalized spacial score (nSPS) is 18.0. The van der Waals surface area contributed by atoms with Crippen molar-refractivity contribution in [3.8, 4) is 0 Å². The SMILES string of the molecule is CC(=O)C1=C(O)CN(C)C1=O. The van der Waals surface area contributed by atoms with Gasteiger partial charge in [-0.1, -0.05) is 0 Å². The predicted octanol–water partition coefficient (Wildman–Crippen LogP) is -0.141. The Labute approximate surface area is 64.1 Å². The Bertz CT molecular complexity index is 254. The van der Waals surface area contributed by atoms with Crippen LogP contribution in [0.3, 0.4) is 0 Å². The maximum atomic E-state index is 11.0. The van der Waals surface area contributed by atoms with Gasteiger partial charge < -0.3 is 10.0 Å². The van der Waals surface area contributed by atoms with Crippen molar-refractivity contribution in [2.75, 3.05) is 13.6 Å². The van der Waals surface area contributed by atoms with Gasteiger partial charge in [-0.15, -0.1) is 0 Å². The van der Waals surface area contributed by atoms with Crippen LogP contribution >= 0.6 is 0 Å². The van der Waals surface area contributed by atoms with Crippen LogP contribution in [0.4, 0.5) is 0 Å². The minimum Gasteiger partial charge on any atom is -0.509 e. The lowest BCUT2D eigenvalue weighted by Gasteiger charge is -2.05. The van der Waals surface area contributed by atoms with Gasteiger partial charge in [0.15, 0.2) is 5.78 Å². The van der Waals surface area contributed by atoms with Gasteiger partial charge in [0.05, 0.1) is 6.54 Å².